The number of carbonyl (C=O) groups excluding carboxylic acids is 1. The van der Waals surface area contributed by atoms with Crippen LogP contribution in [0.4, 0.5) is 4.79 Å². The summed E-state index contributed by atoms with van der Waals surface area (Å²) in [6.45, 7) is 13.3. The number of hydrogen-bond acceptors (Lipinski definition) is 2. The van der Waals surface area contributed by atoms with Gasteiger partial charge < -0.3 is 9.64 Å². The van der Waals surface area contributed by atoms with Crippen LogP contribution < -0.4 is 0 Å². The molecule has 4 heteroatoms. The highest BCUT2D eigenvalue weighted by Gasteiger charge is 2.48. The van der Waals surface area contributed by atoms with E-state index in [1.165, 1.54) is 12.0 Å². The summed E-state index contributed by atoms with van der Waals surface area (Å²) < 4.78 is 5.61. The molecule has 0 bridgehead atoms. The van der Waals surface area contributed by atoms with Crippen molar-refractivity contribution < 1.29 is 9.53 Å². The minimum Gasteiger partial charge on any atom is -0.444 e. The summed E-state index contributed by atoms with van der Waals surface area (Å²) in [6.07, 6.45) is 7.23. The van der Waals surface area contributed by atoms with Crippen molar-refractivity contribution in [1.29, 1.82) is 0 Å². The molecule has 1 heterocycles. The van der Waals surface area contributed by atoms with Crippen LogP contribution in [0, 0.1) is 11.5 Å². The van der Waals surface area contributed by atoms with E-state index in [2.05, 4.69) is 37.2 Å². The third-order valence-electron chi connectivity index (χ3n) is 4.41. The Kier molecular flexibility index (Phi) is 5.01. The van der Waals surface area contributed by atoms with Gasteiger partial charge in [0.2, 0.25) is 0 Å². The molecule has 2 fully saturated rings. The average Bonchev–Trinajstić information content (AvgIpc) is 2.33. The van der Waals surface area contributed by atoms with Crippen LogP contribution in [0.5, 0.6) is 0 Å². The number of nitrogens with zero attached hydrogens (tertiary/aromatic N) is 1. The molecule has 0 atom stereocenters. The lowest BCUT2D eigenvalue weighted by Crippen LogP contribution is -2.59. The first-order valence-electron chi connectivity index (χ1n) is 8.72. The standard InChI is InChI=1S/C19H31NO2Si/c1-18(2,3)22-17(21)20-13-10-16(9-7-14-23(4,5)6)15-19(20)11-8-12-19/h9H,8,10-13,15H2,1-6H3. The highest BCUT2D eigenvalue weighted by atomic mass is 28.3. The lowest BCUT2D eigenvalue weighted by atomic mass is 9.69. The van der Waals surface area contributed by atoms with Gasteiger partial charge in [-0.1, -0.05) is 31.1 Å². The van der Waals surface area contributed by atoms with Gasteiger partial charge in [0.15, 0.2) is 0 Å². The van der Waals surface area contributed by atoms with Gasteiger partial charge in [-0.2, -0.15) is 0 Å². The molecule has 0 aromatic carbocycles. The number of rotatable bonds is 0. The van der Waals surface area contributed by atoms with Gasteiger partial charge in [-0.3, -0.25) is 0 Å². The third-order valence-corrected chi connectivity index (χ3v) is 5.30. The Hall–Kier alpha value is -1.21. The first kappa shape index (κ1) is 18.1. The smallest absolute Gasteiger partial charge is 0.410 e. The van der Waals surface area contributed by atoms with Crippen molar-refractivity contribution in [2.75, 3.05) is 6.54 Å². The van der Waals surface area contributed by atoms with Crippen molar-refractivity contribution >= 4 is 14.2 Å². The Labute approximate surface area is 142 Å². The minimum atomic E-state index is -1.32. The molecule has 1 aliphatic carbocycles. The fourth-order valence-electron chi connectivity index (χ4n) is 3.21. The largest absolute Gasteiger partial charge is 0.444 e. The van der Waals surface area contributed by atoms with Gasteiger partial charge in [0, 0.05) is 12.1 Å². The van der Waals surface area contributed by atoms with Gasteiger partial charge in [-0.05, 0) is 59.0 Å². The van der Waals surface area contributed by atoms with E-state index in [0.717, 1.165) is 32.2 Å². The second kappa shape index (κ2) is 6.35. The molecule has 1 saturated heterocycles. The summed E-state index contributed by atoms with van der Waals surface area (Å²) in [5.41, 5.74) is 4.37. The molecule has 3 nitrogen and oxygen atoms in total. The van der Waals surface area contributed by atoms with Crippen molar-refractivity contribution in [2.45, 2.75) is 83.7 Å². The summed E-state index contributed by atoms with van der Waals surface area (Å²) >= 11 is 0. The zero-order valence-electron chi connectivity index (χ0n) is 15.6. The van der Waals surface area contributed by atoms with Crippen LogP contribution in [0.1, 0.15) is 52.9 Å². The van der Waals surface area contributed by atoms with Crippen LogP contribution in [0.3, 0.4) is 0 Å². The molecule has 0 unspecified atom stereocenters. The van der Waals surface area contributed by atoms with Crippen molar-refractivity contribution in [2.24, 2.45) is 0 Å². The number of ether oxygens (including phenoxy) is 1. The van der Waals surface area contributed by atoms with Gasteiger partial charge in [0.25, 0.3) is 0 Å². The number of carbonyl (C=O) groups is 1. The van der Waals surface area contributed by atoms with E-state index < -0.39 is 13.7 Å². The monoisotopic (exact) mass is 333 g/mol. The summed E-state index contributed by atoms with van der Waals surface area (Å²) in [7, 11) is -1.32. The third kappa shape index (κ3) is 4.88. The highest BCUT2D eigenvalue weighted by molar-refractivity contribution is 6.83. The molecule has 0 aromatic rings. The van der Waals surface area contributed by atoms with Crippen LogP contribution in [0.25, 0.3) is 0 Å². The van der Waals surface area contributed by atoms with E-state index in [9.17, 15) is 4.79 Å². The summed E-state index contributed by atoms with van der Waals surface area (Å²) in [5.74, 6) is 3.28. The average molecular weight is 334 g/mol. The number of amides is 1. The Morgan fingerprint density at radius 1 is 1.30 bits per heavy atom. The molecule has 0 N–H and O–H groups in total. The fraction of sp³-hybridized carbons (Fsp3) is 0.737. The van der Waals surface area contributed by atoms with Gasteiger partial charge in [0.05, 0.1) is 0 Å². The second-order valence-electron chi connectivity index (χ2n) is 8.96. The van der Waals surface area contributed by atoms with Crippen molar-refractivity contribution in [1.82, 2.24) is 4.90 Å². The molecule has 2 aliphatic rings. The molecule has 1 aliphatic heterocycles. The molecular weight excluding hydrogens is 302 g/mol. The van der Waals surface area contributed by atoms with Crippen molar-refractivity contribution in [3.63, 3.8) is 0 Å². The summed E-state index contributed by atoms with van der Waals surface area (Å²) in [6, 6.07) is 0. The Bertz CT molecular complexity index is 551. The first-order chi connectivity index (χ1) is 10.5. The number of hydrogen-bond donors (Lipinski definition) is 0. The summed E-state index contributed by atoms with van der Waals surface area (Å²) in [5, 5.41) is 0. The van der Waals surface area contributed by atoms with E-state index in [-0.39, 0.29) is 11.6 Å². The topological polar surface area (TPSA) is 29.5 Å². The number of piperidine rings is 1. The van der Waals surface area contributed by atoms with Crippen LogP contribution in [-0.4, -0.2) is 36.8 Å². The molecule has 23 heavy (non-hydrogen) atoms. The van der Waals surface area contributed by atoms with E-state index >= 15 is 0 Å². The van der Waals surface area contributed by atoms with E-state index in [0.29, 0.717) is 0 Å². The van der Waals surface area contributed by atoms with Gasteiger partial charge in [-0.25, -0.2) is 4.79 Å². The van der Waals surface area contributed by atoms with E-state index in [1.807, 2.05) is 25.7 Å². The predicted octanol–water partition coefficient (Wildman–Crippen LogP) is 4.75. The Morgan fingerprint density at radius 2 is 1.96 bits per heavy atom. The van der Waals surface area contributed by atoms with Crippen LogP contribution in [0.2, 0.25) is 19.6 Å². The zero-order chi connectivity index (χ0) is 17.3. The first-order valence-corrected chi connectivity index (χ1v) is 12.2. The van der Waals surface area contributed by atoms with Crippen LogP contribution >= 0.6 is 0 Å². The Balaban J connectivity index is 2.09. The van der Waals surface area contributed by atoms with E-state index in [4.69, 9.17) is 4.74 Å². The SMILES string of the molecule is CC(C)(C)OC(=O)N1CCC(=CC#C[Si](C)(C)C)CC12CCC2. The molecule has 1 spiro atoms. The van der Waals surface area contributed by atoms with Gasteiger partial charge >= 0.3 is 6.09 Å². The molecule has 2 rings (SSSR count). The van der Waals surface area contributed by atoms with Crippen LogP contribution in [0.15, 0.2) is 11.6 Å². The minimum absolute atomic E-state index is 0.00669. The van der Waals surface area contributed by atoms with Crippen LogP contribution in [-0.2, 0) is 4.74 Å². The maximum Gasteiger partial charge on any atom is 0.410 e. The molecule has 0 aromatic heterocycles. The quantitative estimate of drug-likeness (QED) is 0.473. The van der Waals surface area contributed by atoms with Crippen molar-refractivity contribution in [3.05, 3.63) is 11.6 Å². The lowest BCUT2D eigenvalue weighted by molar-refractivity contribution is -0.0338. The summed E-state index contributed by atoms with van der Waals surface area (Å²) in [4.78, 5) is 14.5. The predicted molar refractivity (Wildman–Crippen MR) is 98.0 cm³/mol. The normalized spacial score (nSPS) is 22.3. The lowest BCUT2D eigenvalue weighted by Gasteiger charge is -2.53. The molecule has 1 saturated carbocycles. The second-order valence-corrected chi connectivity index (χ2v) is 13.7. The Morgan fingerprint density at radius 3 is 2.43 bits per heavy atom. The highest BCUT2D eigenvalue weighted by Crippen LogP contribution is 2.46. The molecule has 1 amide bonds. The number of allylic oxidation sites excluding steroid dienone is 1. The fourth-order valence-corrected chi connectivity index (χ4v) is 3.72. The molecule has 128 valence electrons. The molecular formula is C19H31NO2Si. The van der Waals surface area contributed by atoms with E-state index in [1.54, 1.807) is 0 Å². The molecule has 0 radical (unpaired) electrons. The maximum atomic E-state index is 12.5. The van der Waals surface area contributed by atoms with Crippen molar-refractivity contribution in [3.8, 4) is 11.5 Å². The zero-order valence-corrected chi connectivity index (χ0v) is 16.6. The maximum absolute atomic E-state index is 12.5. The van der Waals surface area contributed by atoms with Gasteiger partial charge in [0.1, 0.15) is 13.7 Å². The van der Waals surface area contributed by atoms with Gasteiger partial charge in [-0.15, -0.1) is 5.54 Å². The number of likely N-dealkylation sites (tertiary alicyclic amines) is 1.